The Morgan fingerprint density at radius 2 is 2.31 bits per heavy atom. The molecule has 1 rings (SSSR count). The van der Waals surface area contributed by atoms with E-state index in [0.717, 1.165) is 26.2 Å². The van der Waals surface area contributed by atoms with Gasteiger partial charge in [-0.15, -0.1) is 0 Å². The van der Waals surface area contributed by atoms with E-state index in [4.69, 9.17) is 0 Å². The largest absolute Gasteiger partial charge is 0.358 e. The quantitative estimate of drug-likeness (QED) is 0.716. The summed E-state index contributed by atoms with van der Waals surface area (Å²) < 4.78 is 0. The molecule has 1 amide bonds. The molecule has 0 aromatic carbocycles. The molecule has 4 heteroatoms. The van der Waals surface area contributed by atoms with E-state index in [1.807, 2.05) is 6.92 Å². The highest BCUT2D eigenvalue weighted by Gasteiger charge is 2.26. The third-order valence-electron chi connectivity index (χ3n) is 3.41. The van der Waals surface area contributed by atoms with Gasteiger partial charge in [-0.05, 0) is 45.3 Å². The van der Waals surface area contributed by atoms with Crippen molar-refractivity contribution in [3.63, 3.8) is 0 Å². The first-order valence-corrected chi connectivity index (χ1v) is 6.35. The molecular formula is C12H25N3O. The lowest BCUT2D eigenvalue weighted by Gasteiger charge is -2.36. The Morgan fingerprint density at radius 3 is 2.94 bits per heavy atom. The van der Waals surface area contributed by atoms with Crippen LogP contribution in [0.1, 0.15) is 26.7 Å². The van der Waals surface area contributed by atoms with Crippen molar-refractivity contribution in [3.8, 4) is 0 Å². The molecular weight excluding hydrogens is 202 g/mol. The Hall–Kier alpha value is -0.610. The van der Waals surface area contributed by atoms with Gasteiger partial charge in [0.1, 0.15) is 0 Å². The SMILES string of the molecule is CCNCC1CCCN(C(C)C(=O)NC)C1. The van der Waals surface area contributed by atoms with E-state index in [1.165, 1.54) is 12.8 Å². The predicted molar refractivity (Wildman–Crippen MR) is 66.4 cm³/mol. The van der Waals surface area contributed by atoms with Gasteiger partial charge in [-0.3, -0.25) is 9.69 Å². The number of hydrogen-bond donors (Lipinski definition) is 2. The molecule has 2 unspecified atom stereocenters. The molecule has 1 heterocycles. The molecule has 2 atom stereocenters. The van der Waals surface area contributed by atoms with Gasteiger partial charge >= 0.3 is 0 Å². The normalized spacial score (nSPS) is 24.1. The number of carbonyl (C=O) groups excluding carboxylic acids is 1. The fourth-order valence-electron chi connectivity index (χ4n) is 2.34. The Bertz CT molecular complexity index is 220. The fraction of sp³-hybridized carbons (Fsp3) is 0.917. The van der Waals surface area contributed by atoms with Crippen LogP contribution >= 0.6 is 0 Å². The molecule has 1 aliphatic heterocycles. The van der Waals surface area contributed by atoms with Crippen molar-refractivity contribution < 1.29 is 4.79 Å². The maximum Gasteiger partial charge on any atom is 0.236 e. The molecule has 0 spiro atoms. The van der Waals surface area contributed by atoms with Crippen LogP contribution in [-0.2, 0) is 4.79 Å². The Morgan fingerprint density at radius 1 is 1.56 bits per heavy atom. The number of likely N-dealkylation sites (N-methyl/N-ethyl adjacent to an activating group) is 1. The van der Waals surface area contributed by atoms with Gasteiger partial charge in [0.2, 0.25) is 5.91 Å². The smallest absolute Gasteiger partial charge is 0.236 e. The van der Waals surface area contributed by atoms with Crippen molar-refractivity contribution >= 4 is 5.91 Å². The number of carbonyl (C=O) groups is 1. The molecule has 0 saturated carbocycles. The maximum atomic E-state index is 11.6. The maximum absolute atomic E-state index is 11.6. The van der Waals surface area contributed by atoms with Crippen LogP contribution in [0.25, 0.3) is 0 Å². The fourth-order valence-corrected chi connectivity index (χ4v) is 2.34. The molecule has 1 aliphatic rings. The number of likely N-dealkylation sites (tertiary alicyclic amines) is 1. The average Bonchev–Trinajstić information content (AvgIpc) is 2.34. The topological polar surface area (TPSA) is 44.4 Å². The monoisotopic (exact) mass is 227 g/mol. The molecule has 1 fully saturated rings. The summed E-state index contributed by atoms with van der Waals surface area (Å²) >= 11 is 0. The third kappa shape index (κ3) is 3.76. The summed E-state index contributed by atoms with van der Waals surface area (Å²) in [6.45, 7) is 8.33. The van der Waals surface area contributed by atoms with Crippen LogP contribution in [0.2, 0.25) is 0 Å². The minimum Gasteiger partial charge on any atom is -0.358 e. The zero-order chi connectivity index (χ0) is 12.0. The number of piperidine rings is 1. The number of nitrogens with zero attached hydrogens (tertiary/aromatic N) is 1. The molecule has 4 nitrogen and oxygen atoms in total. The van der Waals surface area contributed by atoms with Crippen LogP contribution in [0.3, 0.4) is 0 Å². The lowest BCUT2D eigenvalue weighted by Crippen LogP contribution is -2.49. The lowest BCUT2D eigenvalue weighted by molar-refractivity contribution is -0.126. The molecule has 0 bridgehead atoms. The van der Waals surface area contributed by atoms with Crippen molar-refractivity contribution in [3.05, 3.63) is 0 Å². The zero-order valence-electron chi connectivity index (χ0n) is 10.8. The van der Waals surface area contributed by atoms with Gasteiger partial charge in [-0.25, -0.2) is 0 Å². The van der Waals surface area contributed by atoms with Crippen molar-refractivity contribution in [2.45, 2.75) is 32.7 Å². The molecule has 2 N–H and O–H groups in total. The number of nitrogens with one attached hydrogen (secondary N) is 2. The van der Waals surface area contributed by atoms with Crippen LogP contribution in [0.5, 0.6) is 0 Å². The molecule has 0 radical (unpaired) electrons. The van der Waals surface area contributed by atoms with E-state index in [0.29, 0.717) is 5.92 Å². The summed E-state index contributed by atoms with van der Waals surface area (Å²) in [5, 5.41) is 6.12. The standard InChI is InChI=1S/C12H25N3O/c1-4-14-8-11-6-5-7-15(9-11)10(2)12(16)13-3/h10-11,14H,4-9H2,1-3H3,(H,13,16). The van der Waals surface area contributed by atoms with Crippen LogP contribution in [0.15, 0.2) is 0 Å². The van der Waals surface area contributed by atoms with Gasteiger partial charge in [0, 0.05) is 13.6 Å². The average molecular weight is 227 g/mol. The number of hydrogen-bond acceptors (Lipinski definition) is 3. The third-order valence-corrected chi connectivity index (χ3v) is 3.41. The summed E-state index contributed by atoms with van der Waals surface area (Å²) in [7, 11) is 1.71. The Balaban J connectivity index is 2.40. The van der Waals surface area contributed by atoms with Gasteiger partial charge < -0.3 is 10.6 Å². The first-order chi connectivity index (χ1) is 7.69. The van der Waals surface area contributed by atoms with Crippen molar-refractivity contribution in [2.75, 3.05) is 33.2 Å². The van der Waals surface area contributed by atoms with Crippen LogP contribution < -0.4 is 10.6 Å². The Kier molecular flexibility index (Phi) is 5.77. The molecule has 16 heavy (non-hydrogen) atoms. The van der Waals surface area contributed by atoms with E-state index in [2.05, 4.69) is 22.5 Å². The van der Waals surface area contributed by atoms with Crippen molar-refractivity contribution in [1.29, 1.82) is 0 Å². The van der Waals surface area contributed by atoms with Gasteiger partial charge in [0.15, 0.2) is 0 Å². The molecule has 94 valence electrons. The van der Waals surface area contributed by atoms with Crippen LogP contribution in [0, 0.1) is 5.92 Å². The summed E-state index contributed by atoms with van der Waals surface area (Å²) in [4.78, 5) is 13.9. The van der Waals surface area contributed by atoms with E-state index in [-0.39, 0.29) is 11.9 Å². The lowest BCUT2D eigenvalue weighted by atomic mass is 9.96. The van der Waals surface area contributed by atoms with E-state index in [9.17, 15) is 4.79 Å². The first-order valence-electron chi connectivity index (χ1n) is 6.35. The summed E-state index contributed by atoms with van der Waals surface area (Å²) in [5.74, 6) is 0.824. The molecule has 0 aliphatic carbocycles. The second-order valence-corrected chi connectivity index (χ2v) is 4.60. The van der Waals surface area contributed by atoms with Gasteiger partial charge in [0.25, 0.3) is 0 Å². The minimum atomic E-state index is 0.00873. The first kappa shape index (κ1) is 13.5. The zero-order valence-corrected chi connectivity index (χ0v) is 10.8. The van der Waals surface area contributed by atoms with Gasteiger partial charge in [0.05, 0.1) is 6.04 Å². The Labute approximate surface area is 98.8 Å². The van der Waals surface area contributed by atoms with Gasteiger partial charge in [-0.2, -0.15) is 0 Å². The highest BCUT2D eigenvalue weighted by Crippen LogP contribution is 2.17. The van der Waals surface area contributed by atoms with Crippen LogP contribution in [0.4, 0.5) is 0 Å². The molecule has 0 aromatic rings. The predicted octanol–water partition coefficient (Wildman–Crippen LogP) is 0.442. The van der Waals surface area contributed by atoms with Crippen molar-refractivity contribution in [1.82, 2.24) is 15.5 Å². The highest BCUT2D eigenvalue weighted by atomic mass is 16.2. The van der Waals surface area contributed by atoms with E-state index >= 15 is 0 Å². The minimum absolute atomic E-state index is 0.00873. The van der Waals surface area contributed by atoms with E-state index in [1.54, 1.807) is 7.05 Å². The van der Waals surface area contributed by atoms with E-state index < -0.39 is 0 Å². The second-order valence-electron chi connectivity index (χ2n) is 4.60. The molecule has 0 aromatic heterocycles. The van der Waals surface area contributed by atoms with Crippen LogP contribution in [-0.4, -0.2) is 50.1 Å². The van der Waals surface area contributed by atoms with Crippen molar-refractivity contribution in [2.24, 2.45) is 5.92 Å². The second kappa shape index (κ2) is 6.86. The number of amides is 1. The van der Waals surface area contributed by atoms with Gasteiger partial charge in [-0.1, -0.05) is 6.92 Å². The summed E-state index contributed by atoms with van der Waals surface area (Å²) in [6, 6.07) is 0.00873. The summed E-state index contributed by atoms with van der Waals surface area (Å²) in [5.41, 5.74) is 0. The number of rotatable bonds is 5. The highest BCUT2D eigenvalue weighted by molar-refractivity contribution is 5.80. The summed E-state index contributed by atoms with van der Waals surface area (Å²) in [6.07, 6.45) is 2.49. The molecule has 1 saturated heterocycles.